The molecule has 1 nitrogen and oxygen atoms in total. The first-order chi connectivity index (χ1) is 5.00. The summed E-state index contributed by atoms with van der Waals surface area (Å²) in [7, 11) is 0. The zero-order chi connectivity index (χ0) is 7.07. The molecule has 2 rings (SSSR count). The monoisotopic (exact) mass is 156 g/mol. The first-order valence-corrected chi connectivity index (χ1v) is 4.49. The van der Waals surface area contributed by atoms with Crippen molar-refractivity contribution in [3.05, 3.63) is 22.9 Å². The van der Waals surface area contributed by atoms with E-state index in [-0.39, 0.29) is 0 Å². The third-order valence-electron chi connectivity index (χ3n) is 1.25. The fourth-order valence-corrected chi connectivity index (χ4v) is 1.19. The van der Waals surface area contributed by atoms with Crippen molar-refractivity contribution in [2.75, 3.05) is 13.2 Å². The maximum absolute atomic E-state index is 4.94. The van der Waals surface area contributed by atoms with Gasteiger partial charge in [0.15, 0.2) is 0 Å². The first-order valence-electron chi connectivity index (χ1n) is 3.55. The summed E-state index contributed by atoms with van der Waals surface area (Å²) in [6.45, 7) is 2.00. The lowest BCUT2D eigenvalue weighted by molar-refractivity contribution is 0.198. The molecule has 1 aromatic rings. The molecule has 0 aliphatic carbocycles. The van der Waals surface area contributed by atoms with Gasteiger partial charge in [-0.3, -0.25) is 0 Å². The molecule has 1 saturated heterocycles. The van der Waals surface area contributed by atoms with Crippen LogP contribution in [0.3, 0.4) is 0 Å². The highest BCUT2D eigenvalue weighted by atomic mass is 32.1. The Morgan fingerprint density at radius 1 is 1.00 bits per heavy atom. The Kier molecular flexibility index (Phi) is 4.23. The van der Waals surface area contributed by atoms with E-state index >= 15 is 0 Å². The molecule has 2 heterocycles. The molecule has 1 aromatic heterocycles. The van der Waals surface area contributed by atoms with E-state index in [9.17, 15) is 0 Å². The van der Waals surface area contributed by atoms with E-state index in [1.807, 2.05) is 22.9 Å². The second-order valence-corrected chi connectivity index (χ2v) is 2.93. The largest absolute Gasteiger partial charge is 0.381 e. The van der Waals surface area contributed by atoms with Crippen LogP contribution in [0, 0.1) is 0 Å². The average Bonchev–Trinajstić information content (AvgIpc) is 2.67. The fraction of sp³-hybridized carbons (Fsp3) is 0.500. The lowest BCUT2D eigenvalue weighted by Gasteiger charge is -1.76. The summed E-state index contributed by atoms with van der Waals surface area (Å²) in [4.78, 5) is 0. The highest BCUT2D eigenvalue weighted by Crippen LogP contribution is 1.98. The summed E-state index contributed by atoms with van der Waals surface area (Å²) in [6.07, 6.45) is 2.56. The van der Waals surface area contributed by atoms with E-state index < -0.39 is 0 Å². The van der Waals surface area contributed by atoms with Crippen LogP contribution in [-0.2, 0) is 4.74 Å². The van der Waals surface area contributed by atoms with Crippen LogP contribution < -0.4 is 0 Å². The molecule has 1 fully saturated rings. The van der Waals surface area contributed by atoms with E-state index in [2.05, 4.69) is 0 Å². The van der Waals surface area contributed by atoms with Gasteiger partial charge in [0.1, 0.15) is 0 Å². The van der Waals surface area contributed by atoms with Crippen LogP contribution in [0.4, 0.5) is 0 Å². The topological polar surface area (TPSA) is 9.23 Å². The minimum Gasteiger partial charge on any atom is -0.381 e. The van der Waals surface area contributed by atoms with Gasteiger partial charge in [-0.25, -0.2) is 0 Å². The molecule has 0 amide bonds. The van der Waals surface area contributed by atoms with Crippen LogP contribution in [0.25, 0.3) is 0 Å². The van der Waals surface area contributed by atoms with Crippen molar-refractivity contribution in [3.8, 4) is 0 Å². The Labute approximate surface area is 65.6 Å². The summed E-state index contributed by atoms with van der Waals surface area (Å²) in [5, 5.41) is 4.08. The maximum atomic E-state index is 4.94. The molecule has 2 heteroatoms. The molecule has 0 saturated carbocycles. The quantitative estimate of drug-likeness (QED) is 0.561. The van der Waals surface area contributed by atoms with Crippen molar-refractivity contribution in [2.24, 2.45) is 0 Å². The van der Waals surface area contributed by atoms with Gasteiger partial charge in [0.2, 0.25) is 0 Å². The van der Waals surface area contributed by atoms with Crippen molar-refractivity contribution in [3.63, 3.8) is 0 Å². The van der Waals surface area contributed by atoms with E-state index in [1.54, 1.807) is 11.3 Å². The van der Waals surface area contributed by atoms with E-state index in [0.717, 1.165) is 13.2 Å². The summed E-state index contributed by atoms with van der Waals surface area (Å²) in [5.41, 5.74) is 0. The second-order valence-electron chi connectivity index (χ2n) is 2.11. The normalized spacial score (nSPS) is 16.0. The van der Waals surface area contributed by atoms with Gasteiger partial charge >= 0.3 is 0 Å². The smallest absolute Gasteiger partial charge is 0.0466 e. The van der Waals surface area contributed by atoms with Gasteiger partial charge in [-0.1, -0.05) is 12.1 Å². The molecule has 1 aliphatic rings. The Hall–Kier alpha value is -0.340. The van der Waals surface area contributed by atoms with Crippen LogP contribution in [0.1, 0.15) is 12.8 Å². The zero-order valence-electron chi connectivity index (χ0n) is 5.95. The molecule has 0 N–H and O–H groups in total. The molecule has 56 valence electrons. The number of hydrogen-bond donors (Lipinski definition) is 0. The maximum Gasteiger partial charge on any atom is 0.0466 e. The SMILES string of the molecule is C1CCOC1.c1ccsc1. The third kappa shape index (κ3) is 3.64. The minimum absolute atomic E-state index is 1.00. The molecule has 0 aromatic carbocycles. The number of hydrogen-bond acceptors (Lipinski definition) is 2. The average molecular weight is 156 g/mol. The Morgan fingerprint density at radius 3 is 1.80 bits per heavy atom. The van der Waals surface area contributed by atoms with E-state index in [4.69, 9.17) is 4.74 Å². The van der Waals surface area contributed by atoms with Crippen molar-refractivity contribution >= 4 is 11.3 Å². The third-order valence-corrected chi connectivity index (χ3v) is 1.88. The van der Waals surface area contributed by atoms with E-state index in [0.29, 0.717) is 0 Å². The van der Waals surface area contributed by atoms with E-state index in [1.165, 1.54) is 12.8 Å². The van der Waals surface area contributed by atoms with Crippen LogP contribution >= 0.6 is 11.3 Å². The van der Waals surface area contributed by atoms with Gasteiger partial charge in [0.05, 0.1) is 0 Å². The Morgan fingerprint density at radius 2 is 1.60 bits per heavy atom. The molecule has 0 spiro atoms. The predicted molar refractivity (Wildman–Crippen MR) is 44.4 cm³/mol. The van der Waals surface area contributed by atoms with Gasteiger partial charge in [-0.15, -0.1) is 0 Å². The van der Waals surface area contributed by atoms with Gasteiger partial charge in [-0.2, -0.15) is 11.3 Å². The van der Waals surface area contributed by atoms with Crippen molar-refractivity contribution in [2.45, 2.75) is 12.8 Å². The number of thiophene rings is 1. The Bertz CT molecular complexity index is 108. The highest BCUT2D eigenvalue weighted by Gasteiger charge is 1.94. The summed E-state index contributed by atoms with van der Waals surface area (Å²) in [5.74, 6) is 0. The van der Waals surface area contributed by atoms with Crippen molar-refractivity contribution in [1.82, 2.24) is 0 Å². The lowest BCUT2D eigenvalue weighted by Crippen LogP contribution is -1.74. The highest BCUT2D eigenvalue weighted by molar-refractivity contribution is 7.07. The van der Waals surface area contributed by atoms with Crippen LogP contribution in [0.15, 0.2) is 22.9 Å². The first kappa shape index (κ1) is 7.76. The van der Waals surface area contributed by atoms with Crippen molar-refractivity contribution in [1.29, 1.82) is 0 Å². The predicted octanol–water partition coefficient (Wildman–Crippen LogP) is 2.54. The van der Waals surface area contributed by atoms with Crippen LogP contribution in [-0.4, -0.2) is 13.2 Å². The lowest BCUT2D eigenvalue weighted by atomic mass is 10.4. The molecule has 0 atom stereocenters. The van der Waals surface area contributed by atoms with Gasteiger partial charge in [0.25, 0.3) is 0 Å². The standard InChI is InChI=1S/C4H8O.C4H4S/c2*1-2-4-5-3-1/h1-4H2;1-4H. The molecule has 0 unspecified atom stereocenters. The zero-order valence-corrected chi connectivity index (χ0v) is 6.77. The molecule has 1 aliphatic heterocycles. The molecule has 0 radical (unpaired) electrons. The number of rotatable bonds is 0. The second kappa shape index (κ2) is 5.45. The molecule has 10 heavy (non-hydrogen) atoms. The molecule has 0 bridgehead atoms. The van der Waals surface area contributed by atoms with Gasteiger partial charge < -0.3 is 4.74 Å². The summed E-state index contributed by atoms with van der Waals surface area (Å²) < 4.78 is 4.94. The van der Waals surface area contributed by atoms with Crippen molar-refractivity contribution < 1.29 is 4.74 Å². The van der Waals surface area contributed by atoms with Crippen LogP contribution in [0.5, 0.6) is 0 Å². The summed E-state index contributed by atoms with van der Waals surface area (Å²) >= 11 is 1.71. The minimum atomic E-state index is 1.00. The molecular formula is C8H12OS. The van der Waals surface area contributed by atoms with Gasteiger partial charge in [0, 0.05) is 13.2 Å². The Balaban J connectivity index is 0.0000001000. The summed E-state index contributed by atoms with van der Waals surface area (Å²) in [6, 6.07) is 4.04. The number of ether oxygens (including phenoxy) is 1. The fourth-order valence-electron chi connectivity index (χ4n) is 0.737. The van der Waals surface area contributed by atoms with Crippen LogP contribution in [0.2, 0.25) is 0 Å². The van der Waals surface area contributed by atoms with Gasteiger partial charge in [-0.05, 0) is 23.6 Å². The molecular weight excluding hydrogens is 144 g/mol.